The predicted octanol–water partition coefficient (Wildman–Crippen LogP) is 3.77. The van der Waals surface area contributed by atoms with Gasteiger partial charge in [0.05, 0.1) is 12.1 Å². The summed E-state index contributed by atoms with van der Waals surface area (Å²) in [6, 6.07) is 3.67. The molecule has 0 spiro atoms. The Hall–Kier alpha value is -0.850. The molecule has 0 saturated carbocycles. The van der Waals surface area contributed by atoms with Crippen LogP contribution in [0.1, 0.15) is 39.3 Å². The van der Waals surface area contributed by atoms with Crippen LogP contribution in [0.2, 0.25) is 5.15 Å². The first-order chi connectivity index (χ1) is 10.2. The number of hydrogen-bond acceptors (Lipinski definition) is 4. The zero-order valence-electron chi connectivity index (χ0n) is 13.2. The molecule has 1 aromatic heterocycles. The number of ether oxygens (including phenoxy) is 1. The van der Waals surface area contributed by atoms with Crippen LogP contribution in [0, 0.1) is 0 Å². The molecule has 0 aromatic carbocycles. The first kappa shape index (κ1) is 17.5. The zero-order valence-corrected chi connectivity index (χ0v) is 15.5. The van der Waals surface area contributed by atoms with E-state index in [1.165, 1.54) is 0 Å². The molecular formula is C15H21BrClN3O2. The Morgan fingerprint density at radius 3 is 2.77 bits per heavy atom. The maximum Gasteiger partial charge on any atom is 0.410 e. The fraction of sp³-hybridized carbons (Fsp3) is 0.600. The Balaban J connectivity index is 2.19. The van der Waals surface area contributed by atoms with E-state index in [9.17, 15) is 4.79 Å². The lowest BCUT2D eigenvalue weighted by Gasteiger charge is -2.40. The number of pyridine rings is 1. The molecule has 2 heterocycles. The maximum absolute atomic E-state index is 12.4. The number of carbonyl (C=O) groups is 1. The van der Waals surface area contributed by atoms with Crippen molar-refractivity contribution in [3.8, 4) is 0 Å². The topological polar surface area (TPSA) is 54.5 Å². The van der Waals surface area contributed by atoms with Crippen molar-refractivity contribution < 1.29 is 9.53 Å². The second kappa shape index (κ2) is 6.72. The van der Waals surface area contributed by atoms with E-state index in [0.717, 1.165) is 5.56 Å². The van der Waals surface area contributed by atoms with Crippen molar-refractivity contribution in [3.05, 3.63) is 27.5 Å². The van der Waals surface area contributed by atoms with E-state index in [0.29, 0.717) is 22.8 Å². The summed E-state index contributed by atoms with van der Waals surface area (Å²) in [4.78, 5) is 18.2. The highest BCUT2D eigenvalue weighted by atomic mass is 79.9. The highest BCUT2D eigenvalue weighted by Crippen LogP contribution is 2.28. The molecule has 0 aliphatic carbocycles. The monoisotopic (exact) mass is 389 g/mol. The molecule has 1 saturated heterocycles. The minimum absolute atomic E-state index is 0.0157. The van der Waals surface area contributed by atoms with Crippen molar-refractivity contribution in [2.24, 2.45) is 0 Å². The van der Waals surface area contributed by atoms with Gasteiger partial charge in [-0.25, -0.2) is 9.78 Å². The van der Waals surface area contributed by atoms with Crippen LogP contribution in [0.25, 0.3) is 0 Å². The van der Waals surface area contributed by atoms with Crippen molar-refractivity contribution in [2.75, 3.05) is 13.1 Å². The molecule has 7 heteroatoms. The van der Waals surface area contributed by atoms with Crippen molar-refractivity contribution in [1.82, 2.24) is 15.2 Å². The molecule has 22 heavy (non-hydrogen) atoms. The predicted molar refractivity (Wildman–Crippen MR) is 90.1 cm³/mol. The zero-order chi connectivity index (χ0) is 16.5. The minimum atomic E-state index is -0.500. The van der Waals surface area contributed by atoms with Gasteiger partial charge in [0, 0.05) is 13.1 Å². The Morgan fingerprint density at radius 2 is 2.18 bits per heavy atom. The lowest BCUT2D eigenvalue weighted by molar-refractivity contribution is 0.00810. The SMILES string of the molecule is C[C@@H]1[C@@H](c2cc(Cl)nc(Br)c2)NCCN1C(=O)OC(C)(C)C. The number of halogens is 2. The van der Waals surface area contributed by atoms with Crippen LogP contribution < -0.4 is 5.32 Å². The van der Waals surface area contributed by atoms with Crippen molar-refractivity contribution >= 4 is 33.6 Å². The smallest absolute Gasteiger partial charge is 0.410 e. The normalized spacial score (nSPS) is 22.5. The van der Waals surface area contributed by atoms with Crippen molar-refractivity contribution in [1.29, 1.82) is 0 Å². The first-order valence-corrected chi connectivity index (χ1v) is 8.40. The lowest BCUT2D eigenvalue weighted by atomic mass is 9.98. The third-order valence-corrected chi connectivity index (χ3v) is 4.06. The largest absolute Gasteiger partial charge is 0.444 e. The van der Waals surface area contributed by atoms with E-state index in [1.54, 1.807) is 4.90 Å². The fourth-order valence-corrected chi connectivity index (χ4v) is 3.31. The molecule has 1 fully saturated rings. The minimum Gasteiger partial charge on any atom is -0.444 e. The number of hydrogen-bond donors (Lipinski definition) is 1. The van der Waals surface area contributed by atoms with Gasteiger partial charge in [0.15, 0.2) is 0 Å². The molecular weight excluding hydrogens is 370 g/mol. The summed E-state index contributed by atoms with van der Waals surface area (Å²) in [6.45, 7) is 8.93. The first-order valence-electron chi connectivity index (χ1n) is 7.23. The number of rotatable bonds is 1. The van der Waals surface area contributed by atoms with Crippen LogP contribution in [0.4, 0.5) is 4.79 Å². The molecule has 2 atom stereocenters. The van der Waals surface area contributed by atoms with Crippen LogP contribution in [0.5, 0.6) is 0 Å². The quantitative estimate of drug-likeness (QED) is 0.742. The second-order valence-corrected chi connectivity index (χ2v) is 7.59. The fourth-order valence-electron chi connectivity index (χ4n) is 2.53. The Kier molecular flexibility index (Phi) is 5.35. The highest BCUT2D eigenvalue weighted by Gasteiger charge is 2.34. The van der Waals surface area contributed by atoms with Crippen molar-refractivity contribution in [3.63, 3.8) is 0 Å². The molecule has 0 bridgehead atoms. The summed E-state index contributed by atoms with van der Waals surface area (Å²) in [6.07, 6.45) is -0.286. The highest BCUT2D eigenvalue weighted by molar-refractivity contribution is 9.10. The van der Waals surface area contributed by atoms with Gasteiger partial charge in [0.25, 0.3) is 0 Å². The molecule has 1 aromatic rings. The van der Waals surface area contributed by atoms with Gasteiger partial charge in [0.1, 0.15) is 15.4 Å². The average molecular weight is 391 g/mol. The van der Waals surface area contributed by atoms with Gasteiger partial charge in [-0.15, -0.1) is 0 Å². The number of piperazine rings is 1. The van der Waals surface area contributed by atoms with E-state index in [-0.39, 0.29) is 18.2 Å². The van der Waals surface area contributed by atoms with Crippen molar-refractivity contribution in [2.45, 2.75) is 45.4 Å². The second-order valence-electron chi connectivity index (χ2n) is 6.39. The maximum atomic E-state index is 12.4. The van der Waals surface area contributed by atoms with Gasteiger partial charge < -0.3 is 15.0 Å². The number of carbonyl (C=O) groups excluding carboxylic acids is 1. The summed E-state index contributed by atoms with van der Waals surface area (Å²) in [5, 5.41) is 3.85. The molecule has 1 amide bonds. The molecule has 122 valence electrons. The average Bonchev–Trinajstić information content (AvgIpc) is 2.35. The Bertz CT molecular complexity index is 542. The number of amides is 1. The number of nitrogens with zero attached hydrogens (tertiary/aromatic N) is 2. The van der Waals surface area contributed by atoms with Gasteiger partial charge in [-0.3, -0.25) is 0 Å². The molecule has 1 N–H and O–H groups in total. The van der Waals surface area contributed by atoms with Gasteiger partial charge in [-0.05, 0) is 61.3 Å². The van der Waals surface area contributed by atoms with Gasteiger partial charge in [0.2, 0.25) is 0 Å². The van der Waals surface area contributed by atoms with Crippen LogP contribution in [-0.4, -0.2) is 40.7 Å². The van der Waals surface area contributed by atoms with Gasteiger partial charge >= 0.3 is 6.09 Å². The van der Waals surface area contributed by atoms with Crippen LogP contribution in [0.15, 0.2) is 16.7 Å². The van der Waals surface area contributed by atoms with E-state index in [2.05, 4.69) is 26.2 Å². The molecule has 0 unspecified atom stereocenters. The third-order valence-electron chi connectivity index (χ3n) is 3.46. The van der Waals surface area contributed by atoms with E-state index in [4.69, 9.17) is 16.3 Å². The third kappa shape index (κ3) is 4.33. The van der Waals surface area contributed by atoms with E-state index < -0.39 is 5.60 Å². The van der Waals surface area contributed by atoms with Gasteiger partial charge in [-0.2, -0.15) is 0 Å². The molecule has 1 aliphatic rings. The molecule has 2 rings (SSSR count). The summed E-state index contributed by atoms with van der Waals surface area (Å²) < 4.78 is 6.17. The molecule has 5 nitrogen and oxygen atoms in total. The summed E-state index contributed by atoms with van der Waals surface area (Å²) in [5.41, 5.74) is 0.493. The lowest BCUT2D eigenvalue weighted by Crippen LogP contribution is -2.55. The molecule has 0 radical (unpaired) electrons. The van der Waals surface area contributed by atoms with E-state index >= 15 is 0 Å². The van der Waals surface area contributed by atoms with E-state index in [1.807, 2.05) is 39.8 Å². The summed E-state index contributed by atoms with van der Waals surface area (Å²) >= 11 is 9.38. The number of aromatic nitrogens is 1. The Morgan fingerprint density at radius 1 is 1.50 bits per heavy atom. The summed E-state index contributed by atoms with van der Waals surface area (Å²) in [7, 11) is 0. The standard InChI is InChI=1S/C15H21BrClN3O2/c1-9-13(10-7-11(16)19-12(17)8-10)18-5-6-20(9)14(21)22-15(2,3)4/h7-9,13,18H,5-6H2,1-4H3/t9-,13+/m1/s1. The van der Waals surface area contributed by atoms with Crippen LogP contribution in [-0.2, 0) is 4.74 Å². The van der Waals surface area contributed by atoms with Gasteiger partial charge in [-0.1, -0.05) is 11.6 Å². The van der Waals surface area contributed by atoms with Crippen LogP contribution in [0.3, 0.4) is 0 Å². The van der Waals surface area contributed by atoms with Crippen LogP contribution >= 0.6 is 27.5 Å². The molecule has 1 aliphatic heterocycles. The summed E-state index contributed by atoms with van der Waals surface area (Å²) in [5.74, 6) is 0. The number of nitrogens with one attached hydrogen (secondary N) is 1. The Labute approximate surface area is 144 Å².